The van der Waals surface area contributed by atoms with E-state index in [2.05, 4.69) is 97.6 Å². The predicted octanol–water partition coefficient (Wildman–Crippen LogP) is 4.46. The Balaban J connectivity index is 1.99. The van der Waals surface area contributed by atoms with Crippen LogP contribution < -0.4 is 14.5 Å². The average molecular weight is 409 g/mol. The summed E-state index contributed by atoms with van der Waals surface area (Å²) in [7, 11) is 3.78. The number of fused-ring (bicyclic) bond motifs is 3. The number of hydrogen-bond acceptors (Lipinski definition) is 2. The van der Waals surface area contributed by atoms with Crippen LogP contribution in [0.4, 0.5) is 0 Å². The first kappa shape index (κ1) is 19.3. The normalized spacial score (nSPS) is 12.2. The van der Waals surface area contributed by atoms with Crippen LogP contribution in [-0.2, 0) is 7.05 Å². The van der Waals surface area contributed by atoms with E-state index in [9.17, 15) is 0 Å². The highest BCUT2D eigenvalue weighted by Crippen LogP contribution is 2.27. The highest BCUT2D eigenvalue weighted by molar-refractivity contribution is 5.94. The molecule has 0 unspecified atom stereocenters. The van der Waals surface area contributed by atoms with Crippen LogP contribution in [0, 0.1) is 20.8 Å². The van der Waals surface area contributed by atoms with Gasteiger partial charge in [-0.1, -0.05) is 36.4 Å². The molecule has 3 aromatic heterocycles. The van der Waals surface area contributed by atoms with Gasteiger partial charge in [0.1, 0.15) is 11.3 Å². The first-order valence-corrected chi connectivity index (χ1v) is 10.5. The molecule has 0 saturated heterocycles. The molecule has 0 bridgehead atoms. The SMILES string of the molecule is COc1ccc(C)c(C=c2c(-c3ccccc3)c(C)n3ccc4c(nc(C)[n+]4C)c23)c1. The molecule has 0 aliphatic heterocycles. The smallest absolute Gasteiger partial charge is 0.296 e. The summed E-state index contributed by atoms with van der Waals surface area (Å²) in [5.41, 5.74) is 9.31. The molecule has 0 fully saturated rings. The fourth-order valence-corrected chi connectivity index (χ4v) is 4.46. The molecule has 0 aliphatic rings. The Morgan fingerprint density at radius 1 is 1.00 bits per heavy atom. The molecule has 3 heterocycles. The van der Waals surface area contributed by atoms with Gasteiger partial charge in [-0.15, -0.1) is 0 Å². The van der Waals surface area contributed by atoms with E-state index in [1.165, 1.54) is 27.6 Å². The van der Waals surface area contributed by atoms with Gasteiger partial charge in [0.25, 0.3) is 5.82 Å². The lowest BCUT2D eigenvalue weighted by Gasteiger charge is -2.05. The maximum absolute atomic E-state index is 5.50. The second kappa shape index (κ2) is 7.24. The topological polar surface area (TPSA) is 30.4 Å². The van der Waals surface area contributed by atoms with Gasteiger partial charge in [-0.2, -0.15) is 0 Å². The van der Waals surface area contributed by atoms with Crippen LogP contribution in [0.3, 0.4) is 0 Å². The second-order valence-corrected chi connectivity index (χ2v) is 8.09. The zero-order chi connectivity index (χ0) is 21.7. The number of nitrogens with zero attached hydrogens (tertiary/aromatic N) is 3. The van der Waals surface area contributed by atoms with Gasteiger partial charge in [-0.3, -0.25) is 0 Å². The molecular weight excluding hydrogens is 382 g/mol. The third kappa shape index (κ3) is 2.98. The molecule has 2 aromatic carbocycles. The Morgan fingerprint density at radius 3 is 2.52 bits per heavy atom. The summed E-state index contributed by atoms with van der Waals surface area (Å²) in [6.45, 7) is 6.38. The lowest BCUT2D eigenvalue weighted by atomic mass is 10.0. The number of benzene rings is 2. The lowest BCUT2D eigenvalue weighted by molar-refractivity contribution is -0.651. The van der Waals surface area contributed by atoms with Crippen molar-refractivity contribution in [2.75, 3.05) is 7.11 Å². The van der Waals surface area contributed by atoms with Crippen molar-refractivity contribution in [1.82, 2.24) is 9.38 Å². The molecule has 0 N–H and O–H groups in total. The molecule has 4 heteroatoms. The highest BCUT2D eigenvalue weighted by atomic mass is 16.5. The zero-order valence-electron chi connectivity index (χ0n) is 18.6. The average Bonchev–Trinajstić information content (AvgIpc) is 3.23. The van der Waals surface area contributed by atoms with Crippen molar-refractivity contribution in [3.8, 4) is 16.9 Å². The molecule has 0 atom stereocenters. The Bertz CT molecular complexity index is 1500. The summed E-state index contributed by atoms with van der Waals surface area (Å²) < 4.78 is 9.93. The minimum absolute atomic E-state index is 0.858. The van der Waals surface area contributed by atoms with Crippen molar-refractivity contribution in [2.24, 2.45) is 7.05 Å². The maximum atomic E-state index is 5.50. The monoisotopic (exact) mass is 408 g/mol. The van der Waals surface area contributed by atoms with Crippen molar-refractivity contribution in [3.05, 3.63) is 88.7 Å². The highest BCUT2D eigenvalue weighted by Gasteiger charge is 2.22. The Kier molecular flexibility index (Phi) is 4.51. The Labute approximate surface area is 182 Å². The minimum Gasteiger partial charge on any atom is -0.497 e. The van der Waals surface area contributed by atoms with Gasteiger partial charge >= 0.3 is 0 Å². The van der Waals surface area contributed by atoms with Crippen molar-refractivity contribution < 1.29 is 9.30 Å². The first-order valence-electron chi connectivity index (χ1n) is 10.5. The minimum atomic E-state index is 0.858. The van der Waals surface area contributed by atoms with Crippen LogP contribution in [0.1, 0.15) is 22.6 Å². The van der Waals surface area contributed by atoms with Crippen molar-refractivity contribution >= 4 is 22.6 Å². The molecule has 5 aromatic rings. The molecule has 0 aliphatic carbocycles. The van der Waals surface area contributed by atoms with Crippen LogP contribution in [-0.4, -0.2) is 16.5 Å². The van der Waals surface area contributed by atoms with Crippen molar-refractivity contribution in [1.29, 1.82) is 0 Å². The fourth-order valence-electron chi connectivity index (χ4n) is 4.46. The molecular formula is C27H26N3O+. The number of aromatic nitrogens is 3. The van der Waals surface area contributed by atoms with Gasteiger partial charge in [-0.25, -0.2) is 4.57 Å². The number of hydrogen-bond donors (Lipinski definition) is 0. The van der Waals surface area contributed by atoms with Crippen molar-refractivity contribution in [2.45, 2.75) is 20.8 Å². The maximum Gasteiger partial charge on any atom is 0.296 e. The van der Waals surface area contributed by atoms with E-state index < -0.39 is 0 Å². The number of rotatable bonds is 3. The largest absolute Gasteiger partial charge is 0.497 e. The second-order valence-electron chi connectivity index (χ2n) is 8.09. The Hall–Kier alpha value is -3.66. The number of ether oxygens (including phenoxy) is 1. The fraction of sp³-hybridized carbons (Fsp3) is 0.185. The Morgan fingerprint density at radius 2 is 1.77 bits per heavy atom. The molecule has 0 amide bonds. The van der Waals surface area contributed by atoms with Gasteiger partial charge in [0.2, 0.25) is 5.52 Å². The van der Waals surface area contributed by atoms with Gasteiger partial charge in [-0.05, 0) is 53.7 Å². The van der Waals surface area contributed by atoms with E-state index in [-0.39, 0.29) is 0 Å². The van der Waals surface area contributed by atoms with Crippen LogP contribution in [0.15, 0.2) is 60.8 Å². The van der Waals surface area contributed by atoms with Crippen LogP contribution in [0.5, 0.6) is 5.75 Å². The predicted molar refractivity (Wildman–Crippen MR) is 125 cm³/mol. The summed E-state index contributed by atoms with van der Waals surface area (Å²) in [4.78, 5) is 4.94. The summed E-state index contributed by atoms with van der Waals surface area (Å²) in [6.07, 6.45) is 4.45. The van der Waals surface area contributed by atoms with Crippen LogP contribution in [0.2, 0.25) is 0 Å². The van der Waals surface area contributed by atoms with E-state index in [1.54, 1.807) is 7.11 Å². The van der Waals surface area contributed by atoms with E-state index in [0.717, 1.165) is 33.7 Å². The summed E-state index contributed by atoms with van der Waals surface area (Å²) >= 11 is 0. The number of aryl methyl sites for hydroxylation is 4. The van der Waals surface area contributed by atoms with E-state index >= 15 is 0 Å². The van der Waals surface area contributed by atoms with Crippen molar-refractivity contribution in [3.63, 3.8) is 0 Å². The van der Waals surface area contributed by atoms with Crippen LogP contribution >= 0.6 is 0 Å². The van der Waals surface area contributed by atoms with Gasteiger partial charge in [0, 0.05) is 35.7 Å². The first-order chi connectivity index (χ1) is 15.0. The summed E-state index contributed by atoms with van der Waals surface area (Å²) in [5.74, 6) is 1.86. The third-order valence-electron chi connectivity index (χ3n) is 6.31. The van der Waals surface area contributed by atoms with E-state index in [4.69, 9.17) is 9.72 Å². The number of imidazole rings is 1. The quantitative estimate of drug-likeness (QED) is 0.413. The molecule has 31 heavy (non-hydrogen) atoms. The van der Waals surface area contributed by atoms with Gasteiger partial charge < -0.3 is 9.14 Å². The molecule has 0 spiro atoms. The molecule has 5 rings (SSSR count). The molecule has 4 nitrogen and oxygen atoms in total. The van der Waals surface area contributed by atoms with Gasteiger partial charge in [0.15, 0.2) is 5.52 Å². The van der Waals surface area contributed by atoms with E-state index in [0.29, 0.717) is 0 Å². The lowest BCUT2D eigenvalue weighted by Crippen LogP contribution is -2.29. The number of methoxy groups -OCH3 is 1. The molecule has 0 radical (unpaired) electrons. The van der Waals surface area contributed by atoms with Crippen LogP contribution in [0.25, 0.3) is 33.8 Å². The van der Waals surface area contributed by atoms with E-state index in [1.807, 2.05) is 6.07 Å². The summed E-state index contributed by atoms with van der Waals surface area (Å²) in [5, 5.41) is 1.18. The van der Waals surface area contributed by atoms with Gasteiger partial charge in [0.05, 0.1) is 14.2 Å². The molecule has 154 valence electrons. The number of pyridine rings is 1. The third-order valence-corrected chi connectivity index (χ3v) is 6.31. The zero-order valence-corrected chi connectivity index (χ0v) is 18.6. The standard InChI is InChI=1S/C27H26N3O/c1-17-11-12-22(31-5)15-21(17)16-23-25(20-9-7-6-8-10-20)18(2)30-14-13-24-26(27(23)30)28-19(3)29(24)4/h6-16H,1-5H3/q+1. The molecule has 0 saturated carbocycles. The summed E-state index contributed by atoms with van der Waals surface area (Å²) in [6, 6.07) is 19.0.